The molecule has 9 nitrogen and oxygen atoms in total. The highest BCUT2D eigenvalue weighted by atomic mass is 35.5. The van der Waals surface area contributed by atoms with Crippen LogP contribution in [0.25, 0.3) is 11.1 Å². The molecule has 13 heteroatoms. The van der Waals surface area contributed by atoms with Crippen LogP contribution in [-0.4, -0.2) is 67.6 Å². The van der Waals surface area contributed by atoms with Crippen molar-refractivity contribution in [2.75, 3.05) is 30.3 Å². The third-order valence-corrected chi connectivity index (χ3v) is 6.27. The number of aromatic nitrogens is 4. The summed E-state index contributed by atoms with van der Waals surface area (Å²) in [5.41, 5.74) is 2.98. The van der Waals surface area contributed by atoms with Crippen LogP contribution < -0.4 is 10.6 Å². The lowest BCUT2D eigenvalue weighted by Gasteiger charge is -2.33. The van der Waals surface area contributed by atoms with Gasteiger partial charge in [-0.2, -0.15) is 23.3 Å². The number of likely N-dealkylation sites (tertiary alicyclic amines) is 1. The van der Waals surface area contributed by atoms with E-state index in [1.165, 1.54) is 0 Å². The van der Waals surface area contributed by atoms with Gasteiger partial charge in [0, 0.05) is 53.4 Å². The van der Waals surface area contributed by atoms with E-state index in [9.17, 15) is 23.1 Å². The molecule has 1 amide bonds. The monoisotopic (exact) mass is 523 g/mol. The minimum atomic E-state index is -4.88. The number of aryl methyl sites for hydroxylation is 1. The third kappa shape index (κ3) is 6.05. The molecule has 0 radical (unpaired) electrons. The number of amides is 1. The molecule has 2 aromatic heterocycles. The fourth-order valence-electron chi connectivity index (χ4n) is 3.94. The molecule has 1 saturated heterocycles. The molecule has 1 fully saturated rings. The topological polar surface area (TPSA) is 108 Å². The summed E-state index contributed by atoms with van der Waals surface area (Å²) >= 11 is 6.11. The van der Waals surface area contributed by atoms with Crippen molar-refractivity contribution in [1.82, 2.24) is 24.6 Å². The number of halogens is 4. The predicted molar refractivity (Wildman–Crippen MR) is 129 cm³/mol. The molecule has 3 aromatic rings. The summed E-state index contributed by atoms with van der Waals surface area (Å²) in [5, 5.41) is 20.5. The van der Waals surface area contributed by atoms with Crippen LogP contribution in [-0.2, 0) is 11.3 Å². The van der Waals surface area contributed by atoms with Crippen LogP contribution in [0.2, 0.25) is 5.02 Å². The van der Waals surface area contributed by atoms with Gasteiger partial charge < -0.3 is 20.6 Å². The first kappa shape index (κ1) is 25.7. The Labute approximate surface area is 210 Å². The molecule has 3 N–H and O–H groups in total. The first-order valence-corrected chi connectivity index (χ1v) is 11.7. The zero-order valence-electron chi connectivity index (χ0n) is 19.4. The number of nitrogens with zero attached hydrogens (tertiary/aromatic N) is 5. The van der Waals surface area contributed by atoms with Gasteiger partial charge in [-0.15, -0.1) is 0 Å². The fraction of sp³-hybridized carbons (Fsp3) is 0.391. The van der Waals surface area contributed by atoms with E-state index < -0.39 is 12.1 Å². The molecule has 1 aromatic carbocycles. The number of piperidine rings is 1. The second-order valence-electron chi connectivity index (χ2n) is 8.47. The van der Waals surface area contributed by atoms with Crippen molar-refractivity contribution in [3.05, 3.63) is 47.4 Å². The largest absolute Gasteiger partial charge is 0.471 e. The van der Waals surface area contributed by atoms with E-state index in [1.807, 2.05) is 13.0 Å². The summed E-state index contributed by atoms with van der Waals surface area (Å²) in [6, 6.07) is 5.22. The van der Waals surface area contributed by atoms with Crippen molar-refractivity contribution < 1.29 is 23.1 Å². The first-order chi connectivity index (χ1) is 17.1. The molecule has 0 saturated carbocycles. The van der Waals surface area contributed by atoms with Gasteiger partial charge in [-0.05, 0) is 43.5 Å². The van der Waals surface area contributed by atoms with Crippen molar-refractivity contribution in [3.8, 4) is 11.1 Å². The minimum Gasteiger partial charge on any atom is -0.394 e. The van der Waals surface area contributed by atoms with Crippen LogP contribution in [0.3, 0.4) is 0 Å². The van der Waals surface area contributed by atoms with E-state index in [0.717, 1.165) is 16.2 Å². The summed E-state index contributed by atoms with van der Waals surface area (Å²) in [5.74, 6) is -1.03. The van der Waals surface area contributed by atoms with Crippen LogP contribution in [0.5, 0.6) is 0 Å². The average molecular weight is 524 g/mol. The predicted octanol–water partition coefficient (Wildman–Crippen LogP) is 4.00. The van der Waals surface area contributed by atoms with Crippen molar-refractivity contribution in [1.29, 1.82) is 0 Å². The van der Waals surface area contributed by atoms with Gasteiger partial charge >= 0.3 is 12.1 Å². The molecule has 0 atom stereocenters. The number of rotatable bonds is 7. The summed E-state index contributed by atoms with van der Waals surface area (Å²) < 4.78 is 39.9. The standard InChI is InChI=1S/C23H25ClF3N7O2/c1-14-10-17(2-3-19(14)24)31-22-28-12-18(15-11-29-34(13-15)8-9-35)20(32-22)30-16-4-6-33(7-5-16)21(36)23(25,26)27/h2-3,10-13,16,35H,4-9H2,1H3,(H2,28,30,31,32). The zero-order valence-corrected chi connectivity index (χ0v) is 20.1. The summed E-state index contributed by atoms with van der Waals surface area (Å²) in [6.07, 6.45) is 0.779. The number of nitrogens with one attached hydrogen (secondary N) is 2. The summed E-state index contributed by atoms with van der Waals surface area (Å²) in [7, 11) is 0. The van der Waals surface area contributed by atoms with E-state index in [1.54, 1.807) is 35.4 Å². The highest BCUT2D eigenvalue weighted by molar-refractivity contribution is 6.31. The molecule has 0 bridgehead atoms. The Hall–Kier alpha value is -3.38. The van der Waals surface area contributed by atoms with Gasteiger partial charge in [-0.1, -0.05) is 11.6 Å². The molecule has 3 heterocycles. The van der Waals surface area contributed by atoms with Crippen LogP contribution in [0.4, 0.5) is 30.6 Å². The van der Waals surface area contributed by atoms with Gasteiger partial charge in [0.15, 0.2) is 0 Å². The second-order valence-corrected chi connectivity index (χ2v) is 8.88. The third-order valence-electron chi connectivity index (χ3n) is 5.84. The molecule has 4 rings (SSSR count). The molecule has 192 valence electrons. The molecule has 1 aliphatic heterocycles. The lowest BCUT2D eigenvalue weighted by Crippen LogP contribution is -2.47. The van der Waals surface area contributed by atoms with E-state index in [4.69, 9.17) is 11.6 Å². The smallest absolute Gasteiger partial charge is 0.394 e. The van der Waals surface area contributed by atoms with Gasteiger partial charge in [-0.3, -0.25) is 9.48 Å². The van der Waals surface area contributed by atoms with Gasteiger partial charge in [0.2, 0.25) is 5.95 Å². The van der Waals surface area contributed by atoms with Gasteiger partial charge in [0.05, 0.1) is 19.3 Å². The van der Waals surface area contributed by atoms with Gasteiger partial charge in [0.25, 0.3) is 0 Å². The van der Waals surface area contributed by atoms with Crippen LogP contribution in [0.15, 0.2) is 36.8 Å². The van der Waals surface area contributed by atoms with E-state index in [2.05, 4.69) is 25.7 Å². The van der Waals surface area contributed by atoms with E-state index >= 15 is 0 Å². The number of carbonyl (C=O) groups excluding carboxylic acids is 1. The van der Waals surface area contributed by atoms with Crippen molar-refractivity contribution in [2.45, 2.75) is 38.5 Å². The molecule has 0 unspecified atom stereocenters. The van der Waals surface area contributed by atoms with Crippen LogP contribution in [0.1, 0.15) is 18.4 Å². The number of aliphatic hydroxyl groups excluding tert-OH is 1. The Morgan fingerprint density at radius 2 is 2.00 bits per heavy atom. The molecule has 0 aliphatic carbocycles. The Bertz CT molecular complexity index is 1230. The van der Waals surface area contributed by atoms with E-state index in [-0.39, 0.29) is 25.7 Å². The fourth-order valence-corrected chi connectivity index (χ4v) is 4.06. The zero-order chi connectivity index (χ0) is 25.9. The lowest BCUT2D eigenvalue weighted by molar-refractivity contribution is -0.186. The van der Waals surface area contributed by atoms with Crippen molar-refractivity contribution >= 4 is 35.0 Å². The quantitative estimate of drug-likeness (QED) is 0.429. The lowest BCUT2D eigenvalue weighted by atomic mass is 10.0. The van der Waals surface area contributed by atoms with Gasteiger partial charge in [-0.25, -0.2) is 4.98 Å². The minimum absolute atomic E-state index is 0.0139. The second kappa shape index (κ2) is 10.7. The number of hydrogen-bond acceptors (Lipinski definition) is 7. The normalized spacial score (nSPS) is 14.7. The van der Waals surface area contributed by atoms with Crippen molar-refractivity contribution in [2.24, 2.45) is 0 Å². The average Bonchev–Trinajstić information content (AvgIpc) is 3.30. The highest BCUT2D eigenvalue weighted by Gasteiger charge is 2.43. The number of carbonyl (C=O) groups is 1. The number of aliphatic hydroxyl groups is 1. The van der Waals surface area contributed by atoms with Crippen molar-refractivity contribution in [3.63, 3.8) is 0 Å². The number of benzene rings is 1. The Morgan fingerprint density at radius 3 is 2.67 bits per heavy atom. The Morgan fingerprint density at radius 1 is 1.25 bits per heavy atom. The maximum absolute atomic E-state index is 12.8. The van der Waals surface area contributed by atoms with Crippen LogP contribution >= 0.6 is 11.6 Å². The Balaban J connectivity index is 1.56. The number of alkyl halides is 3. The maximum atomic E-state index is 12.8. The van der Waals surface area contributed by atoms with E-state index in [0.29, 0.717) is 47.3 Å². The maximum Gasteiger partial charge on any atom is 0.471 e. The highest BCUT2D eigenvalue weighted by Crippen LogP contribution is 2.30. The van der Waals surface area contributed by atoms with Crippen LogP contribution in [0, 0.1) is 6.92 Å². The number of hydrogen-bond donors (Lipinski definition) is 3. The first-order valence-electron chi connectivity index (χ1n) is 11.3. The van der Waals surface area contributed by atoms with Gasteiger partial charge in [0.1, 0.15) is 5.82 Å². The number of anilines is 3. The molecule has 1 aliphatic rings. The summed E-state index contributed by atoms with van der Waals surface area (Å²) in [4.78, 5) is 21.4. The summed E-state index contributed by atoms with van der Waals surface area (Å²) in [6.45, 7) is 2.11. The molecular weight excluding hydrogens is 499 g/mol. The SMILES string of the molecule is Cc1cc(Nc2ncc(-c3cnn(CCO)c3)c(NC3CCN(C(=O)C(F)(F)F)CC3)n2)ccc1Cl. The Kier molecular flexibility index (Phi) is 7.65. The molecule has 0 spiro atoms. The molecule has 36 heavy (non-hydrogen) atoms. The molecular formula is C23H25ClF3N7O2.